The second-order valence-electron chi connectivity index (χ2n) is 10.3. The summed E-state index contributed by atoms with van der Waals surface area (Å²) in [6.45, 7) is 5.22. The van der Waals surface area contributed by atoms with Crippen LogP contribution in [0.15, 0.2) is 48.7 Å². The summed E-state index contributed by atoms with van der Waals surface area (Å²) in [5.74, 6) is 0.316. The smallest absolute Gasteiger partial charge is 0.305 e. The third-order valence-electron chi connectivity index (χ3n) is 7.39. The second-order valence-corrected chi connectivity index (χ2v) is 10.3. The van der Waals surface area contributed by atoms with Crippen molar-refractivity contribution in [1.29, 1.82) is 0 Å². The Kier molecular flexibility index (Phi) is 6.50. The Balaban J connectivity index is 1.15. The van der Waals surface area contributed by atoms with E-state index in [1.165, 1.54) is 17.7 Å². The summed E-state index contributed by atoms with van der Waals surface area (Å²) in [5, 5.41) is 14.0. The third-order valence-corrected chi connectivity index (χ3v) is 7.39. The van der Waals surface area contributed by atoms with Gasteiger partial charge >= 0.3 is 5.97 Å². The highest BCUT2D eigenvalue weighted by molar-refractivity contribution is 5.79. The molecule has 5 rings (SSSR count). The molecule has 2 N–H and O–H groups in total. The fourth-order valence-electron chi connectivity index (χ4n) is 5.57. The molecule has 0 radical (unpaired) electrons. The van der Waals surface area contributed by atoms with Crippen molar-refractivity contribution in [3.63, 3.8) is 0 Å². The number of nitrogens with one attached hydrogen (secondary N) is 1. The van der Waals surface area contributed by atoms with Crippen LogP contribution in [0, 0.1) is 5.41 Å². The summed E-state index contributed by atoms with van der Waals surface area (Å²) in [7, 11) is 0. The van der Waals surface area contributed by atoms with Crippen LogP contribution in [0.2, 0.25) is 0 Å². The van der Waals surface area contributed by atoms with Gasteiger partial charge in [0.15, 0.2) is 0 Å². The molecule has 0 amide bonds. The predicted octanol–water partition coefficient (Wildman–Crippen LogP) is 5.24. The Hall–Kier alpha value is -2.99. The van der Waals surface area contributed by atoms with Crippen molar-refractivity contribution in [2.75, 3.05) is 25.0 Å². The maximum Gasteiger partial charge on any atom is 0.305 e. The van der Waals surface area contributed by atoms with Gasteiger partial charge in [-0.05, 0) is 66.8 Å². The van der Waals surface area contributed by atoms with Crippen LogP contribution in [0.5, 0.6) is 0 Å². The number of hydrogen-bond donors (Lipinski definition) is 2. The molecular weight excluding hydrogens is 424 g/mol. The molecule has 34 heavy (non-hydrogen) atoms. The average molecular weight is 459 g/mol. The standard InChI is InChI=1S/C28H34N4O2/c1-28(13-5-4-9-23-12-11-20-8-6-14-29-27(20)31-23)18-32(19-28)25(16-26(33)34)22-15-21-7-2-3-10-24(21)30-17-22/h2-3,7,10-12,15,17,25H,4-6,8-9,13-14,16,18-19H2,1H3,(H,29,31)(H,33,34). The lowest BCUT2D eigenvalue weighted by Crippen LogP contribution is -2.56. The van der Waals surface area contributed by atoms with Gasteiger partial charge in [-0.25, -0.2) is 4.98 Å². The molecule has 178 valence electrons. The lowest BCUT2D eigenvalue weighted by atomic mass is 9.75. The summed E-state index contributed by atoms with van der Waals surface area (Å²) in [6.07, 6.45) is 8.74. The maximum absolute atomic E-state index is 11.6. The van der Waals surface area contributed by atoms with Crippen molar-refractivity contribution in [3.05, 3.63) is 65.5 Å². The Morgan fingerprint density at radius 3 is 2.91 bits per heavy atom. The largest absolute Gasteiger partial charge is 0.481 e. The highest BCUT2D eigenvalue weighted by Gasteiger charge is 2.42. The lowest BCUT2D eigenvalue weighted by Gasteiger charge is -2.52. The van der Waals surface area contributed by atoms with Gasteiger partial charge in [0.05, 0.1) is 11.9 Å². The molecule has 2 aliphatic heterocycles. The summed E-state index contributed by atoms with van der Waals surface area (Å²) >= 11 is 0. The molecule has 1 saturated heterocycles. The molecular formula is C28H34N4O2. The summed E-state index contributed by atoms with van der Waals surface area (Å²) in [6, 6.07) is 14.4. The monoisotopic (exact) mass is 458 g/mol. The van der Waals surface area contributed by atoms with Gasteiger partial charge in [-0.3, -0.25) is 14.7 Å². The van der Waals surface area contributed by atoms with Crippen LogP contribution < -0.4 is 5.32 Å². The number of benzene rings is 1. The molecule has 6 nitrogen and oxygen atoms in total. The number of unbranched alkanes of at least 4 members (excludes halogenated alkanes) is 1. The Morgan fingerprint density at radius 2 is 2.06 bits per heavy atom. The zero-order valence-electron chi connectivity index (χ0n) is 20.0. The third kappa shape index (κ3) is 5.07. The first-order valence-corrected chi connectivity index (χ1v) is 12.5. The van der Waals surface area contributed by atoms with E-state index in [4.69, 9.17) is 4.98 Å². The zero-order chi connectivity index (χ0) is 23.5. The number of fused-ring (bicyclic) bond motifs is 2. The maximum atomic E-state index is 11.6. The molecule has 1 atom stereocenters. The molecule has 1 aromatic carbocycles. The minimum Gasteiger partial charge on any atom is -0.481 e. The highest BCUT2D eigenvalue weighted by atomic mass is 16.4. The molecule has 1 unspecified atom stereocenters. The van der Waals surface area contributed by atoms with Crippen LogP contribution in [0.3, 0.4) is 0 Å². The predicted molar refractivity (Wildman–Crippen MR) is 135 cm³/mol. The first-order valence-electron chi connectivity index (χ1n) is 12.5. The number of carbonyl (C=O) groups is 1. The molecule has 0 spiro atoms. The number of pyridine rings is 2. The van der Waals surface area contributed by atoms with Gasteiger partial charge in [0.2, 0.25) is 0 Å². The Bertz CT molecular complexity index is 1170. The normalized spacial score (nSPS) is 18.0. The van der Waals surface area contributed by atoms with E-state index in [1.54, 1.807) is 0 Å². The van der Waals surface area contributed by atoms with Crippen molar-refractivity contribution in [1.82, 2.24) is 14.9 Å². The molecule has 4 heterocycles. The number of nitrogens with zero attached hydrogens (tertiary/aromatic N) is 3. The highest BCUT2D eigenvalue weighted by Crippen LogP contribution is 2.41. The molecule has 6 heteroatoms. The number of aromatic nitrogens is 2. The van der Waals surface area contributed by atoms with E-state index in [-0.39, 0.29) is 17.9 Å². The van der Waals surface area contributed by atoms with Crippen LogP contribution in [0.1, 0.15) is 61.9 Å². The van der Waals surface area contributed by atoms with E-state index in [1.807, 2.05) is 30.5 Å². The quantitative estimate of drug-likeness (QED) is 0.427. The minimum absolute atomic E-state index is 0.105. The minimum atomic E-state index is -0.765. The molecule has 0 saturated carbocycles. The van der Waals surface area contributed by atoms with E-state index in [0.717, 1.165) is 74.0 Å². The number of carboxylic acids is 1. The van der Waals surface area contributed by atoms with Gasteiger partial charge in [-0.2, -0.15) is 0 Å². The van der Waals surface area contributed by atoms with Gasteiger partial charge in [0, 0.05) is 43.0 Å². The molecule has 3 aromatic rings. The fourth-order valence-corrected chi connectivity index (χ4v) is 5.57. The summed E-state index contributed by atoms with van der Waals surface area (Å²) in [4.78, 5) is 23.3. The molecule has 0 aliphatic carbocycles. The van der Waals surface area contributed by atoms with Crippen LogP contribution in [-0.4, -0.2) is 45.6 Å². The molecule has 2 aliphatic rings. The topological polar surface area (TPSA) is 78.4 Å². The second kappa shape index (κ2) is 9.71. The van der Waals surface area contributed by atoms with E-state index in [9.17, 15) is 9.90 Å². The van der Waals surface area contributed by atoms with Gasteiger partial charge < -0.3 is 10.4 Å². The van der Waals surface area contributed by atoms with Crippen molar-refractivity contribution >= 4 is 22.7 Å². The van der Waals surface area contributed by atoms with Crippen LogP contribution in [0.25, 0.3) is 10.9 Å². The number of para-hydroxylation sites is 1. The number of likely N-dealkylation sites (tertiary alicyclic amines) is 1. The van der Waals surface area contributed by atoms with Crippen molar-refractivity contribution in [2.24, 2.45) is 5.41 Å². The van der Waals surface area contributed by atoms with E-state index >= 15 is 0 Å². The van der Waals surface area contributed by atoms with Gasteiger partial charge in [0.25, 0.3) is 0 Å². The van der Waals surface area contributed by atoms with Gasteiger partial charge in [-0.1, -0.05) is 37.6 Å². The molecule has 0 bridgehead atoms. The molecule has 2 aromatic heterocycles. The lowest BCUT2D eigenvalue weighted by molar-refractivity contribution is -0.140. The van der Waals surface area contributed by atoms with E-state index in [2.05, 4.69) is 40.3 Å². The van der Waals surface area contributed by atoms with Gasteiger partial charge in [0.1, 0.15) is 5.82 Å². The Labute approximate surface area is 201 Å². The number of aliphatic carboxylic acids is 1. The van der Waals surface area contributed by atoms with Crippen molar-refractivity contribution in [3.8, 4) is 0 Å². The van der Waals surface area contributed by atoms with E-state index < -0.39 is 5.97 Å². The number of hydrogen-bond acceptors (Lipinski definition) is 5. The first-order chi connectivity index (χ1) is 16.5. The number of anilines is 1. The SMILES string of the molecule is CC1(CCCCc2ccc3c(n2)NCCC3)CN(C(CC(=O)O)c2cnc3ccccc3c2)C1. The van der Waals surface area contributed by atoms with Crippen molar-refractivity contribution in [2.45, 2.75) is 57.9 Å². The van der Waals surface area contributed by atoms with Crippen LogP contribution >= 0.6 is 0 Å². The van der Waals surface area contributed by atoms with Crippen LogP contribution in [-0.2, 0) is 17.6 Å². The molecule has 1 fully saturated rings. The zero-order valence-corrected chi connectivity index (χ0v) is 20.0. The Morgan fingerprint density at radius 1 is 1.21 bits per heavy atom. The first kappa shape index (κ1) is 22.8. The number of rotatable bonds is 9. The van der Waals surface area contributed by atoms with Gasteiger partial charge in [-0.15, -0.1) is 0 Å². The van der Waals surface area contributed by atoms with Crippen molar-refractivity contribution < 1.29 is 9.90 Å². The number of carboxylic acid groups (broad SMARTS) is 1. The van der Waals surface area contributed by atoms with E-state index in [0.29, 0.717) is 0 Å². The van der Waals surface area contributed by atoms with Crippen LogP contribution in [0.4, 0.5) is 5.82 Å². The summed E-state index contributed by atoms with van der Waals surface area (Å²) in [5.41, 5.74) is 4.70. The fraction of sp³-hybridized carbons (Fsp3) is 0.464. The number of aryl methyl sites for hydroxylation is 2. The summed E-state index contributed by atoms with van der Waals surface area (Å²) < 4.78 is 0. The average Bonchev–Trinajstić information content (AvgIpc) is 2.83.